The van der Waals surface area contributed by atoms with E-state index in [1.54, 1.807) is 0 Å². The van der Waals surface area contributed by atoms with E-state index in [1.165, 1.54) is 49.8 Å². The predicted molar refractivity (Wildman–Crippen MR) is 102 cm³/mol. The molecule has 3 fully saturated rings. The zero-order valence-corrected chi connectivity index (χ0v) is 15.6. The van der Waals surface area contributed by atoms with Crippen molar-refractivity contribution in [3.8, 4) is 0 Å². The van der Waals surface area contributed by atoms with Crippen molar-refractivity contribution in [1.29, 1.82) is 0 Å². The number of carbonyl (C=O) groups excluding carboxylic acids is 1. The van der Waals surface area contributed by atoms with Crippen molar-refractivity contribution in [1.82, 2.24) is 15.2 Å². The number of nitrogens with one attached hydrogen (secondary N) is 1. The first-order chi connectivity index (χ1) is 12.8. The molecule has 3 aliphatic heterocycles. The van der Waals surface area contributed by atoms with Crippen LogP contribution in [0, 0.1) is 5.92 Å². The molecule has 1 aromatic rings. The average Bonchev–Trinajstić information content (AvgIpc) is 3.26. The van der Waals surface area contributed by atoms with Gasteiger partial charge in [-0.2, -0.15) is 0 Å². The SMILES string of the molecule is O=C(CC1CCCC1)N1CCc2cc(N3C4CCC3CNC4)cnc2C1. The van der Waals surface area contributed by atoms with Gasteiger partial charge in [-0.05, 0) is 49.7 Å². The Morgan fingerprint density at radius 3 is 2.69 bits per heavy atom. The molecule has 2 unspecified atom stereocenters. The molecule has 5 nitrogen and oxygen atoms in total. The Morgan fingerprint density at radius 1 is 1.15 bits per heavy atom. The number of aromatic nitrogens is 1. The highest BCUT2D eigenvalue weighted by atomic mass is 16.2. The first kappa shape index (κ1) is 16.5. The molecule has 0 spiro atoms. The Bertz CT molecular complexity index is 669. The van der Waals surface area contributed by atoms with Crippen LogP contribution in [0.25, 0.3) is 0 Å². The molecule has 0 radical (unpaired) electrons. The van der Waals surface area contributed by atoms with E-state index >= 15 is 0 Å². The third-order valence-electron chi connectivity index (χ3n) is 7.01. The maximum absolute atomic E-state index is 12.7. The van der Waals surface area contributed by atoms with Crippen LogP contribution in [0.15, 0.2) is 12.3 Å². The van der Waals surface area contributed by atoms with E-state index in [-0.39, 0.29) is 0 Å². The van der Waals surface area contributed by atoms with E-state index < -0.39 is 0 Å². The highest BCUT2D eigenvalue weighted by Crippen LogP contribution is 2.34. The highest BCUT2D eigenvalue weighted by Gasteiger charge is 2.37. The fraction of sp³-hybridized carbons (Fsp3) is 0.714. The van der Waals surface area contributed by atoms with Crippen LogP contribution in [0.4, 0.5) is 5.69 Å². The van der Waals surface area contributed by atoms with Crippen molar-refractivity contribution >= 4 is 11.6 Å². The number of hydrogen-bond acceptors (Lipinski definition) is 4. The average molecular weight is 354 g/mol. The summed E-state index contributed by atoms with van der Waals surface area (Å²) in [6, 6.07) is 3.61. The third-order valence-corrected chi connectivity index (χ3v) is 7.01. The van der Waals surface area contributed by atoms with Crippen LogP contribution in [-0.2, 0) is 17.8 Å². The summed E-state index contributed by atoms with van der Waals surface area (Å²) in [5.74, 6) is 0.969. The smallest absolute Gasteiger partial charge is 0.223 e. The molecule has 140 valence electrons. The Balaban J connectivity index is 1.28. The summed E-state index contributed by atoms with van der Waals surface area (Å²) in [6.07, 6.45) is 11.4. The Hall–Kier alpha value is -1.62. The molecule has 1 amide bonds. The molecule has 2 bridgehead atoms. The Labute approximate surface area is 156 Å². The molecule has 0 aromatic carbocycles. The van der Waals surface area contributed by atoms with Gasteiger partial charge in [-0.3, -0.25) is 9.78 Å². The molecule has 1 saturated carbocycles. The maximum Gasteiger partial charge on any atom is 0.223 e. The van der Waals surface area contributed by atoms with E-state index in [0.29, 0.717) is 30.5 Å². The standard InChI is InChI=1S/C21H30N4O/c26-21(9-15-3-1-2-4-15)24-8-7-16-10-19(13-23-20(16)14-24)25-17-5-6-18(25)12-22-11-17/h10,13,15,17-18,22H,1-9,11-12,14H2. The zero-order chi connectivity index (χ0) is 17.5. The molecule has 1 aromatic heterocycles. The van der Waals surface area contributed by atoms with Gasteiger partial charge < -0.3 is 15.1 Å². The molecular formula is C21H30N4O. The second-order valence-corrected chi connectivity index (χ2v) is 8.67. The van der Waals surface area contributed by atoms with Crippen molar-refractivity contribution in [2.24, 2.45) is 5.92 Å². The van der Waals surface area contributed by atoms with Crippen LogP contribution in [-0.4, -0.2) is 47.5 Å². The van der Waals surface area contributed by atoms with E-state index in [2.05, 4.69) is 22.5 Å². The maximum atomic E-state index is 12.7. The van der Waals surface area contributed by atoms with Crippen molar-refractivity contribution in [3.63, 3.8) is 0 Å². The summed E-state index contributed by atoms with van der Waals surface area (Å²) in [6.45, 7) is 3.75. The van der Waals surface area contributed by atoms with Crippen LogP contribution in [0.5, 0.6) is 0 Å². The first-order valence-electron chi connectivity index (χ1n) is 10.5. The van der Waals surface area contributed by atoms with Crippen molar-refractivity contribution in [2.75, 3.05) is 24.5 Å². The number of anilines is 1. The van der Waals surface area contributed by atoms with Gasteiger partial charge in [0.15, 0.2) is 0 Å². The molecule has 1 aliphatic carbocycles. The molecule has 2 atom stereocenters. The summed E-state index contributed by atoms with van der Waals surface area (Å²) in [5.41, 5.74) is 3.76. The summed E-state index contributed by atoms with van der Waals surface area (Å²) in [5, 5.41) is 3.55. The number of amides is 1. The summed E-state index contributed by atoms with van der Waals surface area (Å²) in [4.78, 5) is 22.1. The number of carbonyl (C=O) groups is 1. The molecule has 2 saturated heterocycles. The van der Waals surface area contributed by atoms with Crippen molar-refractivity contribution < 1.29 is 4.79 Å². The minimum Gasteiger partial charge on any atom is -0.362 e. The lowest BCUT2D eigenvalue weighted by Gasteiger charge is -2.38. The van der Waals surface area contributed by atoms with Gasteiger partial charge in [-0.25, -0.2) is 0 Å². The molecule has 26 heavy (non-hydrogen) atoms. The predicted octanol–water partition coefficient (Wildman–Crippen LogP) is 2.49. The number of fused-ring (bicyclic) bond motifs is 3. The van der Waals surface area contributed by atoms with Gasteiger partial charge in [0.05, 0.1) is 24.1 Å². The van der Waals surface area contributed by atoms with Gasteiger partial charge in [0.2, 0.25) is 5.91 Å². The number of rotatable bonds is 3. The fourth-order valence-corrected chi connectivity index (χ4v) is 5.54. The minimum absolute atomic E-state index is 0.341. The number of pyridine rings is 1. The lowest BCUT2D eigenvalue weighted by atomic mass is 10.00. The van der Waals surface area contributed by atoms with Gasteiger partial charge in [-0.1, -0.05) is 12.8 Å². The lowest BCUT2D eigenvalue weighted by Crippen LogP contribution is -2.52. The number of hydrogen-bond donors (Lipinski definition) is 1. The lowest BCUT2D eigenvalue weighted by molar-refractivity contribution is -0.133. The van der Waals surface area contributed by atoms with Gasteiger partial charge in [0, 0.05) is 38.1 Å². The number of nitrogens with zero attached hydrogens (tertiary/aromatic N) is 3. The van der Waals surface area contributed by atoms with E-state index in [4.69, 9.17) is 4.98 Å². The van der Waals surface area contributed by atoms with E-state index in [1.807, 2.05) is 4.90 Å². The van der Waals surface area contributed by atoms with Gasteiger partial charge >= 0.3 is 0 Å². The van der Waals surface area contributed by atoms with Crippen LogP contribution < -0.4 is 10.2 Å². The molecular weight excluding hydrogens is 324 g/mol. The van der Waals surface area contributed by atoms with E-state index in [0.717, 1.165) is 38.2 Å². The molecule has 1 N–H and O–H groups in total. The third kappa shape index (κ3) is 3.00. The second-order valence-electron chi connectivity index (χ2n) is 8.67. The van der Waals surface area contributed by atoms with Crippen LogP contribution >= 0.6 is 0 Å². The van der Waals surface area contributed by atoms with Gasteiger partial charge in [0.25, 0.3) is 0 Å². The molecule has 4 heterocycles. The minimum atomic E-state index is 0.341. The monoisotopic (exact) mass is 354 g/mol. The molecule has 5 heteroatoms. The highest BCUT2D eigenvalue weighted by molar-refractivity contribution is 5.76. The van der Waals surface area contributed by atoms with Crippen LogP contribution in [0.1, 0.15) is 56.2 Å². The molecule has 4 aliphatic rings. The van der Waals surface area contributed by atoms with Gasteiger partial charge in [0.1, 0.15) is 0 Å². The summed E-state index contributed by atoms with van der Waals surface area (Å²) in [7, 11) is 0. The largest absolute Gasteiger partial charge is 0.362 e. The topological polar surface area (TPSA) is 48.5 Å². The quantitative estimate of drug-likeness (QED) is 0.906. The van der Waals surface area contributed by atoms with Crippen molar-refractivity contribution in [2.45, 2.75) is 70.0 Å². The number of piperazine rings is 1. The fourth-order valence-electron chi connectivity index (χ4n) is 5.54. The van der Waals surface area contributed by atoms with Crippen LogP contribution in [0.2, 0.25) is 0 Å². The van der Waals surface area contributed by atoms with Crippen molar-refractivity contribution in [3.05, 3.63) is 23.5 Å². The summed E-state index contributed by atoms with van der Waals surface area (Å²) < 4.78 is 0. The normalized spacial score (nSPS) is 28.5. The first-order valence-corrected chi connectivity index (χ1v) is 10.5. The zero-order valence-electron chi connectivity index (χ0n) is 15.6. The Morgan fingerprint density at radius 2 is 1.92 bits per heavy atom. The summed E-state index contributed by atoms with van der Waals surface area (Å²) >= 11 is 0. The van der Waals surface area contributed by atoms with Crippen LogP contribution in [0.3, 0.4) is 0 Å². The molecule has 5 rings (SSSR count). The Kier molecular flexibility index (Phi) is 4.35. The second kappa shape index (κ2) is 6.84. The van der Waals surface area contributed by atoms with E-state index in [9.17, 15) is 4.79 Å². The van der Waals surface area contributed by atoms with Gasteiger partial charge in [-0.15, -0.1) is 0 Å².